The van der Waals surface area contributed by atoms with E-state index in [4.69, 9.17) is 4.74 Å². The van der Waals surface area contributed by atoms with Crippen molar-refractivity contribution in [2.24, 2.45) is 0 Å². The number of fused-ring (bicyclic) bond motifs is 1. The SMILES string of the molecule is COC(=O)[C@H]1SC[C@@H]2C(=O)N(Cc3cccc(C)c3)CC(=O)N21. The molecule has 0 unspecified atom stereocenters. The van der Waals surface area contributed by atoms with Gasteiger partial charge in [0.15, 0.2) is 5.37 Å². The van der Waals surface area contributed by atoms with E-state index in [1.807, 2.05) is 31.2 Å². The van der Waals surface area contributed by atoms with Gasteiger partial charge in [0.05, 0.1) is 7.11 Å². The molecule has 7 heteroatoms. The first-order valence-corrected chi connectivity index (χ1v) is 8.41. The lowest BCUT2D eigenvalue weighted by atomic mass is 10.1. The van der Waals surface area contributed by atoms with Crippen molar-refractivity contribution in [3.63, 3.8) is 0 Å². The summed E-state index contributed by atoms with van der Waals surface area (Å²) in [6, 6.07) is 7.30. The van der Waals surface area contributed by atoms with Crippen LogP contribution < -0.4 is 0 Å². The monoisotopic (exact) mass is 334 g/mol. The Morgan fingerprint density at radius 2 is 2.17 bits per heavy atom. The minimum absolute atomic E-state index is 0.00265. The zero-order chi connectivity index (χ0) is 16.6. The number of thioether (sulfide) groups is 1. The molecule has 2 heterocycles. The Hall–Kier alpha value is -2.02. The fourth-order valence-corrected chi connectivity index (χ4v) is 4.31. The number of esters is 1. The highest BCUT2D eigenvalue weighted by atomic mass is 32.2. The van der Waals surface area contributed by atoms with Crippen molar-refractivity contribution in [2.75, 3.05) is 19.4 Å². The summed E-state index contributed by atoms with van der Waals surface area (Å²) in [5.41, 5.74) is 2.11. The smallest absolute Gasteiger partial charge is 0.339 e. The summed E-state index contributed by atoms with van der Waals surface area (Å²) in [5, 5.41) is -0.706. The molecular weight excluding hydrogens is 316 g/mol. The highest BCUT2D eigenvalue weighted by Gasteiger charge is 2.50. The standard InChI is InChI=1S/C16H18N2O4S/c1-10-4-3-5-11(6-10)7-17-8-13(19)18-12(14(17)20)9-23-15(18)16(21)22-2/h3-6,12,15H,7-9H2,1-2H3/t12-,15-/m1/s1. The molecule has 0 radical (unpaired) electrons. The Bertz CT molecular complexity index is 663. The predicted molar refractivity (Wildman–Crippen MR) is 85.5 cm³/mol. The van der Waals surface area contributed by atoms with Gasteiger partial charge in [0.2, 0.25) is 11.8 Å². The highest BCUT2D eigenvalue weighted by Crippen LogP contribution is 2.33. The zero-order valence-corrected chi connectivity index (χ0v) is 13.8. The number of aryl methyl sites for hydroxylation is 1. The van der Waals surface area contributed by atoms with Gasteiger partial charge in [-0.05, 0) is 12.5 Å². The summed E-state index contributed by atoms with van der Waals surface area (Å²) in [7, 11) is 1.29. The first kappa shape index (κ1) is 15.9. The molecule has 0 aromatic heterocycles. The van der Waals surface area contributed by atoms with E-state index in [0.717, 1.165) is 11.1 Å². The molecule has 0 spiro atoms. The summed E-state index contributed by atoms with van der Waals surface area (Å²) < 4.78 is 4.72. The van der Waals surface area contributed by atoms with Crippen LogP contribution in [0.25, 0.3) is 0 Å². The number of methoxy groups -OCH3 is 1. The number of benzene rings is 1. The molecule has 3 rings (SSSR count). The van der Waals surface area contributed by atoms with Gasteiger partial charge in [0.1, 0.15) is 12.6 Å². The lowest BCUT2D eigenvalue weighted by Crippen LogP contribution is -2.60. The van der Waals surface area contributed by atoms with Gasteiger partial charge in [-0.2, -0.15) is 0 Å². The van der Waals surface area contributed by atoms with Crippen LogP contribution in [0.15, 0.2) is 24.3 Å². The number of ether oxygens (including phenoxy) is 1. The van der Waals surface area contributed by atoms with Gasteiger partial charge >= 0.3 is 5.97 Å². The van der Waals surface area contributed by atoms with E-state index >= 15 is 0 Å². The molecule has 2 aliphatic heterocycles. The molecule has 0 bridgehead atoms. The molecule has 23 heavy (non-hydrogen) atoms. The van der Waals surface area contributed by atoms with Gasteiger partial charge in [-0.1, -0.05) is 29.8 Å². The maximum Gasteiger partial charge on any atom is 0.339 e. The lowest BCUT2D eigenvalue weighted by Gasteiger charge is -2.37. The van der Waals surface area contributed by atoms with Gasteiger partial charge in [-0.25, -0.2) is 4.79 Å². The Labute approximate surface area is 138 Å². The van der Waals surface area contributed by atoms with Crippen LogP contribution in [-0.4, -0.2) is 58.4 Å². The van der Waals surface area contributed by atoms with Crippen LogP contribution in [0.1, 0.15) is 11.1 Å². The van der Waals surface area contributed by atoms with Crippen LogP contribution in [0.4, 0.5) is 0 Å². The van der Waals surface area contributed by atoms with E-state index in [2.05, 4.69) is 0 Å². The Morgan fingerprint density at radius 3 is 2.87 bits per heavy atom. The van der Waals surface area contributed by atoms with Crippen LogP contribution in [0.2, 0.25) is 0 Å². The fourth-order valence-electron chi connectivity index (χ4n) is 2.98. The molecule has 2 aliphatic rings. The first-order valence-electron chi connectivity index (χ1n) is 7.36. The number of amides is 2. The van der Waals surface area contributed by atoms with Crippen molar-refractivity contribution in [1.29, 1.82) is 0 Å². The fraction of sp³-hybridized carbons (Fsp3) is 0.438. The Balaban J connectivity index is 1.77. The molecule has 1 aromatic rings. The van der Waals surface area contributed by atoms with Crippen molar-refractivity contribution in [3.8, 4) is 0 Å². The Morgan fingerprint density at radius 1 is 1.39 bits per heavy atom. The number of nitrogens with zero attached hydrogens (tertiary/aromatic N) is 2. The highest BCUT2D eigenvalue weighted by molar-refractivity contribution is 8.00. The average Bonchev–Trinajstić information content (AvgIpc) is 2.97. The van der Waals surface area contributed by atoms with Gasteiger partial charge < -0.3 is 14.5 Å². The van der Waals surface area contributed by atoms with E-state index in [9.17, 15) is 14.4 Å². The number of rotatable bonds is 3. The molecule has 0 N–H and O–H groups in total. The summed E-state index contributed by atoms with van der Waals surface area (Å²) in [4.78, 5) is 39.8. The van der Waals surface area contributed by atoms with Crippen molar-refractivity contribution >= 4 is 29.5 Å². The van der Waals surface area contributed by atoms with E-state index in [1.54, 1.807) is 4.90 Å². The van der Waals surface area contributed by atoms with Crippen LogP contribution in [0, 0.1) is 6.92 Å². The second kappa shape index (κ2) is 6.23. The van der Waals surface area contributed by atoms with Crippen molar-refractivity contribution in [3.05, 3.63) is 35.4 Å². The van der Waals surface area contributed by atoms with E-state index in [0.29, 0.717) is 12.3 Å². The largest absolute Gasteiger partial charge is 0.467 e. The summed E-state index contributed by atoms with van der Waals surface area (Å²) in [6.45, 7) is 2.39. The molecule has 2 saturated heterocycles. The molecule has 2 atom stereocenters. The van der Waals surface area contributed by atoms with Crippen LogP contribution in [-0.2, 0) is 25.7 Å². The quantitative estimate of drug-likeness (QED) is 0.764. The van der Waals surface area contributed by atoms with Crippen molar-refractivity contribution in [2.45, 2.75) is 24.9 Å². The maximum absolute atomic E-state index is 12.7. The molecule has 2 fully saturated rings. The molecule has 1 aromatic carbocycles. The third-order valence-corrected chi connectivity index (χ3v) is 5.31. The van der Waals surface area contributed by atoms with Crippen LogP contribution >= 0.6 is 11.8 Å². The van der Waals surface area contributed by atoms with Crippen molar-refractivity contribution in [1.82, 2.24) is 9.80 Å². The minimum atomic E-state index is -0.706. The summed E-state index contributed by atoms with van der Waals surface area (Å²) in [6.07, 6.45) is 0. The molecule has 0 aliphatic carbocycles. The van der Waals surface area contributed by atoms with Gasteiger partial charge in [0, 0.05) is 12.3 Å². The van der Waals surface area contributed by atoms with Crippen LogP contribution in [0.5, 0.6) is 0 Å². The number of carbonyl (C=O) groups excluding carboxylic acids is 3. The van der Waals surface area contributed by atoms with E-state index in [-0.39, 0.29) is 18.4 Å². The second-order valence-electron chi connectivity index (χ2n) is 5.71. The molecule has 6 nitrogen and oxygen atoms in total. The first-order chi connectivity index (χ1) is 11.0. The van der Waals surface area contributed by atoms with Crippen molar-refractivity contribution < 1.29 is 19.1 Å². The molecule has 122 valence electrons. The molecule has 2 amide bonds. The van der Waals surface area contributed by atoms with Gasteiger partial charge in [-0.15, -0.1) is 11.8 Å². The second-order valence-corrected chi connectivity index (χ2v) is 6.82. The third-order valence-electron chi connectivity index (χ3n) is 4.07. The average molecular weight is 334 g/mol. The summed E-state index contributed by atoms with van der Waals surface area (Å²) in [5.74, 6) is -0.368. The molecule has 0 saturated carbocycles. The zero-order valence-electron chi connectivity index (χ0n) is 13.0. The topological polar surface area (TPSA) is 66.9 Å². The lowest BCUT2D eigenvalue weighted by molar-refractivity contribution is -0.160. The number of carbonyl (C=O) groups is 3. The van der Waals surface area contributed by atoms with E-state index < -0.39 is 17.4 Å². The third kappa shape index (κ3) is 2.93. The Kier molecular flexibility index (Phi) is 4.30. The molecular formula is C16H18N2O4S. The minimum Gasteiger partial charge on any atom is -0.467 e. The van der Waals surface area contributed by atoms with Gasteiger partial charge in [-0.3, -0.25) is 9.59 Å². The predicted octanol–water partition coefficient (Wildman–Crippen LogP) is 0.780. The number of hydrogen-bond acceptors (Lipinski definition) is 5. The van der Waals surface area contributed by atoms with Gasteiger partial charge in [0.25, 0.3) is 0 Å². The maximum atomic E-state index is 12.7. The van der Waals surface area contributed by atoms with E-state index in [1.165, 1.54) is 23.8 Å². The number of piperazine rings is 1. The number of hydrogen-bond donors (Lipinski definition) is 0. The normalized spacial score (nSPS) is 23.9. The summed E-state index contributed by atoms with van der Waals surface area (Å²) >= 11 is 1.28. The van der Waals surface area contributed by atoms with Crippen LogP contribution in [0.3, 0.4) is 0 Å².